The molecule has 1 saturated heterocycles. The molecule has 1 fully saturated rings. The monoisotopic (exact) mass is 672 g/mol. The minimum atomic E-state index is -1.77. The Morgan fingerprint density at radius 1 is 1.15 bits per heavy atom. The standard InChI is InChI=1S/C34H44N2O12/c1-17(2)13-22(31(41)42)35-30(40)18(3)45-32(43)24(46-19(4)38)15-26(39)47-23-9-11-34(44)25-14-20-7-8-21(16-37)28-27(20)33(34,29(23)48-28)10-6-12-36(25)5/h7-9,17-18,22,24-25,29,37,44H,6,10-16H2,1-5H3,(H,35,40)(H,41,42)/t18-,22-,24-,25+,29-,33-,34+/m0/s1. The third-order valence-corrected chi connectivity index (χ3v) is 9.99. The Bertz CT molecular complexity index is 1520. The molecule has 2 aliphatic carbocycles. The maximum absolute atomic E-state index is 13.4. The highest BCUT2D eigenvalue weighted by Crippen LogP contribution is 2.64. The number of esters is 3. The van der Waals surface area contributed by atoms with Gasteiger partial charge in [-0.05, 0) is 63.8 Å². The molecule has 1 aromatic rings. The zero-order valence-corrected chi connectivity index (χ0v) is 27.8. The number of likely N-dealkylation sites (tertiary alicyclic amines) is 1. The number of nitrogens with zero attached hydrogens (tertiary/aromatic N) is 1. The maximum atomic E-state index is 13.4. The van der Waals surface area contributed by atoms with Gasteiger partial charge in [-0.25, -0.2) is 9.59 Å². The summed E-state index contributed by atoms with van der Waals surface area (Å²) in [6.45, 7) is 6.30. The second kappa shape index (κ2) is 13.5. The normalized spacial score (nSPS) is 27.3. The van der Waals surface area contributed by atoms with E-state index in [-0.39, 0.29) is 37.2 Å². The van der Waals surface area contributed by atoms with Crippen LogP contribution in [0.15, 0.2) is 24.0 Å². The number of rotatable bonds is 12. The largest absolute Gasteiger partial charge is 0.481 e. The lowest BCUT2D eigenvalue weighted by molar-refractivity contribution is -0.175. The van der Waals surface area contributed by atoms with Gasteiger partial charge in [-0.1, -0.05) is 26.0 Å². The van der Waals surface area contributed by atoms with Gasteiger partial charge in [-0.3, -0.25) is 14.4 Å². The fraction of sp³-hybridized carbons (Fsp3) is 0.618. The van der Waals surface area contributed by atoms with E-state index in [4.69, 9.17) is 18.9 Å². The lowest BCUT2D eigenvalue weighted by Gasteiger charge is -2.56. The van der Waals surface area contributed by atoms with E-state index in [1.165, 1.54) is 6.92 Å². The number of amides is 1. The van der Waals surface area contributed by atoms with Gasteiger partial charge in [0, 0.05) is 30.5 Å². The van der Waals surface area contributed by atoms with Crippen LogP contribution in [0.25, 0.3) is 0 Å². The minimum Gasteiger partial charge on any atom is -0.481 e. The molecule has 0 aromatic heterocycles. The van der Waals surface area contributed by atoms with Crippen LogP contribution in [0.3, 0.4) is 0 Å². The van der Waals surface area contributed by atoms with Gasteiger partial charge in [-0.2, -0.15) is 0 Å². The molecule has 1 aromatic carbocycles. The molecule has 14 nitrogen and oxygen atoms in total. The van der Waals surface area contributed by atoms with Gasteiger partial charge in [0.1, 0.15) is 17.6 Å². The number of ether oxygens (including phenoxy) is 4. The molecule has 2 aliphatic heterocycles. The Morgan fingerprint density at radius 2 is 1.88 bits per heavy atom. The summed E-state index contributed by atoms with van der Waals surface area (Å²) in [5.74, 6) is -4.60. The second-order valence-electron chi connectivity index (χ2n) is 13.6. The zero-order chi connectivity index (χ0) is 35.1. The zero-order valence-electron chi connectivity index (χ0n) is 27.8. The quantitative estimate of drug-likeness (QED) is 0.183. The van der Waals surface area contributed by atoms with Gasteiger partial charge >= 0.3 is 23.9 Å². The number of hydrogen-bond donors (Lipinski definition) is 4. The smallest absolute Gasteiger partial charge is 0.348 e. The van der Waals surface area contributed by atoms with E-state index in [1.807, 2.05) is 13.1 Å². The van der Waals surface area contributed by atoms with E-state index in [1.54, 1.807) is 26.0 Å². The van der Waals surface area contributed by atoms with E-state index < -0.39 is 71.6 Å². The number of likely N-dealkylation sites (N-methyl/N-ethyl adjacent to an activating group) is 1. The molecule has 0 radical (unpaired) electrons. The fourth-order valence-electron chi connectivity index (χ4n) is 7.87. The third-order valence-electron chi connectivity index (χ3n) is 9.99. The van der Waals surface area contributed by atoms with E-state index in [0.717, 1.165) is 31.0 Å². The summed E-state index contributed by atoms with van der Waals surface area (Å²) in [5, 5.41) is 34.4. The number of aliphatic hydroxyl groups excluding tert-OH is 1. The SMILES string of the molecule is CC(=O)O[C@@H](CC(=O)OC1=CC[C@@]2(O)[C@H]3Cc4ccc(CO)c5c4[C@@]2(CCCN3C)[C@H]1O5)C(=O)O[C@@H](C)C(=O)N[C@@H](CC(C)C)C(=O)O. The summed E-state index contributed by atoms with van der Waals surface area (Å²) >= 11 is 0. The van der Waals surface area contributed by atoms with Crippen LogP contribution in [0.4, 0.5) is 0 Å². The molecule has 4 aliphatic rings. The molecular formula is C34H44N2O12. The van der Waals surface area contributed by atoms with Crippen LogP contribution < -0.4 is 10.1 Å². The van der Waals surface area contributed by atoms with Crippen LogP contribution in [-0.4, -0.2) is 99.6 Å². The predicted octanol–water partition coefficient (Wildman–Crippen LogP) is 1.26. The van der Waals surface area contributed by atoms with Crippen molar-refractivity contribution in [1.29, 1.82) is 0 Å². The number of carboxylic acids is 1. The van der Waals surface area contributed by atoms with Crippen LogP contribution in [-0.2, 0) is 56.6 Å². The number of carbonyl (C=O) groups is 5. The molecule has 1 spiro atoms. The summed E-state index contributed by atoms with van der Waals surface area (Å²) < 4.78 is 22.6. The molecule has 0 unspecified atom stereocenters. The fourth-order valence-corrected chi connectivity index (χ4v) is 7.87. The first-order valence-electron chi connectivity index (χ1n) is 16.3. The van der Waals surface area contributed by atoms with Crippen LogP contribution in [0.5, 0.6) is 5.75 Å². The number of aliphatic carboxylic acids is 1. The van der Waals surface area contributed by atoms with Crippen molar-refractivity contribution in [3.8, 4) is 5.75 Å². The molecule has 2 heterocycles. The van der Waals surface area contributed by atoms with E-state index in [9.17, 15) is 39.3 Å². The molecule has 14 heteroatoms. The molecule has 2 bridgehead atoms. The third kappa shape index (κ3) is 6.16. The minimum absolute atomic E-state index is 0.0395. The lowest BCUT2D eigenvalue weighted by Crippen LogP contribution is -2.69. The van der Waals surface area contributed by atoms with Crippen LogP contribution in [0.1, 0.15) is 76.5 Å². The van der Waals surface area contributed by atoms with Gasteiger partial charge in [0.05, 0.1) is 24.0 Å². The summed E-state index contributed by atoms with van der Waals surface area (Å²) in [5.41, 5.74) is 0.135. The Labute approximate surface area is 278 Å². The number of aliphatic hydroxyl groups is 2. The molecule has 1 amide bonds. The van der Waals surface area contributed by atoms with E-state index in [2.05, 4.69) is 10.2 Å². The maximum Gasteiger partial charge on any atom is 0.348 e. The average molecular weight is 673 g/mol. The average Bonchev–Trinajstić information content (AvgIpc) is 3.35. The summed E-state index contributed by atoms with van der Waals surface area (Å²) in [6.07, 6.45) is -1.14. The highest BCUT2D eigenvalue weighted by atomic mass is 16.6. The number of nitrogens with one attached hydrogen (secondary N) is 1. The van der Waals surface area contributed by atoms with Crippen LogP contribution in [0, 0.1) is 5.92 Å². The van der Waals surface area contributed by atoms with Crippen molar-refractivity contribution in [1.82, 2.24) is 10.2 Å². The summed E-state index contributed by atoms with van der Waals surface area (Å²) in [4.78, 5) is 64.7. The summed E-state index contributed by atoms with van der Waals surface area (Å²) in [7, 11) is 1.98. The number of carboxylic acid groups (broad SMARTS) is 1. The number of hydrogen-bond acceptors (Lipinski definition) is 12. The molecule has 48 heavy (non-hydrogen) atoms. The van der Waals surface area contributed by atoms with Crippen LogP contribution in [0.2, 0.25) is 0 Å². The molecule has 7 atom stereocenters. The van der Waals surface area contributed by atoms with Crippen molar-refractivity contribution in [2.75, 3.05) is 13.6 Å². The van der Waals surface area contributed by atoms with Crippen molar-refractivity contribution in [3.05, 3.63) is 40.7 Å². The van der Waals surface area contributed by atoms with E-state index >= 15 is 0 Å². The highest BCUT2D eigenvalue weighted by Gasteiger charge is 2.70. The van der Waals surface area contributed by atoms with Gasteiger partial charge in [0.25, 0.3) is 5.91 Å². The Hall–Kier alpha value is -4.01. The first-order valence-corrected chi connectivity index (χ1v) is 16.3. The van der Waals surface area contributed by atoms with Crippen molar-refractivity contribution in [2.45, 2.75) is 114 Å². The lowest BCUT2D eigenvalue weighted by atomic mass is 9.52. The number of carbonyl (C=O) groups excluding carboxylic acids is 4. The molecule has 262 valence electrons. The Morgan fingerprint density at radius 3 is 2.52 bits per heavy atom. The first kappa shape index (κ1) is 35.3. The van der Waals surface area contributed by atoms with Gasteiger partial charge in [0.15, 0.2) is 12.2 Å². The van der Waals surface area contributed by atoms with Gasteiger partial charge < -0.3 is 44.5 Å². The second-order valence-corrected chi connectivity index (χ2v) is 13.6. The van der Waals surface area contributed by atoms with Crippen molar-refractivity contribution < 1.29 is 58.2 Å². The predicted molar refractivity (Wildman–Crippen MR) is 166 cm³/mol. The van der Waals surface area contributed by atoms with Gasteiger partial charge in [-0.15, -0.1) is 0 Å². The highest BCUT2D eigenvalue weighted by molar-refractivity contribution is 5.89. The van der Waals surface area contributed by atoms with Crippen molar-refractivity contribution in [3.63, 3.8) is 0 Å². The van der Waals surface area contributed by atoms with Gasteiger partial charge in [0.2, 0.25) is 6.10 Å². The Balaban J connectivity index is 1.34. The molecule has 0 saturated carbocycles. The Kier molecular flexibility index (Phi) is 9.91. The molecule has 5 rings (SSSR count). The topological polar surface area (TPSA) is 198 Å². The van der Waals surface area contributed by atoms with Crippen LogP contribution >= 0.6 is 0 Å². The number of benzene rings is 1. The molecular weight excluding hydrogens is 628 g/mol. The molecule has 4 N–H and O–H groups in total. The summed E-state index contributed by atoms with van der Waals surface area (Å²) in [6, 6.07) is 2.31. The first-order chi connectivity index (χ1) is 22.6. The van der Waals surface area contributed by atoms with Crippen molar-refractivity contribution in [2.24, 2.45) is 5.92 Å². The van der Waals surface area contributed by atoms with E-state index in [0.29, 0.717) is 24.2 Å². The van der Waals surface area contributed by atoms with Crippen molar-refractivity contribution >= 4 is 29.8 Å².